The molecule has 0 aromatic rings. The van der Waals surface area contributed by atoms with Gasteiger partial charge in [-0.2, -0.15) is 0 Å². The third-order valence-electron chi connectivity index (χ3n) is 8.47. The molecule has 4 rings (SSSR count). The molecule has 1 N–H and O–H groups in total. The average Bonchev–Trinajstić information content (AvgIpc) is 2.87. The highest BCUT2D eigenvalue weighted by atomic mass is 16.3. The summed E-state index contributed by atoms with van der Waals surface area (Å²) >= 11 is 0. The molecule has 0 saturated heterocycles. The zero-order valence-corrected chi connectivity index (χ0v) is 15.2. The predicted molar refractivity (Wildman–Crippen MR) is 92.3 cm³/mol. The minimum atomic E-state index is -0.473. The third kappa shape index (κ3) is 2.06. The van der Waals surface area contributed by atoms with Crippen LogP contribution in [0, 0.1) is 34.5 Å². The van der Waals surface area contributed by atoms with Crippen molar-refractivity contribution in [1.29, 1.82) is 0 Å². The minimum absolute atomic E-state index is 0.0219. The van der Waals surface area contributed by atoms with Crippen LogP contribution in [0.1, 0.15) is 65.7 Å². The number of aliphatic hydroxyl groups excluding tert-OH is 1. The van der Waals surface area contributed by atoms with Crippen LogP contribution >= 0.6 is 0 Å². The summed E-state index contributed by atoms with van der Waals surface area (Å²) in [6, 6.07) is 0. The molecular formula is C21H30O3. The lowest BCUT2D eigenvalue weighted by Gasteiger charge is -2.59. The Morgan fingerprint density at radius 3 is 2.62 bits per heavy atom. The van der Waals surface area contributed by atoms with Crippen molar-refractivity contribution in [2.45, 2.75) is 71.8 Å². The SMILES string of the molecule is CC(=O)[C@@H]1CCC2C3C[C@H](O)C4=CC(=O)CC[C@@]4(C)C3CC[C@]21C. The summed E-state index contributed by atoms with van der Waals surface area (Å²) in [4.78, 5) is 24.1. The van der Waals surface area contributed by atoms with E-state index in [0.717, 1.165) is 44.1 Å². The van der Waals surface area contributed by atoms with E-state index in [4.69, 9.17) is 0 Å². The fourth-order valence-corrected chi connectivity index (χ4v) is 7.27. The van der Waals surface area contributed by atoms with Crippen molar-refractivity contribution in [2.75, 3.05) is 0 Å². The first-order valence-corrected chi connectivity index (χ1v) is 9.71. The first-order valence-electron chi connectivity index (χ1n) is 9.71. The molecule has 0 radical (unpaired) electrons. The molecule has 7 atom stereocenters. The van der Waals surface area contributed by atoms with E-state index >= 15 is 0 Å². The van der Waals surface area contributed by atoms with E-state index in [1.807, 2.05) is 0 Å². The van der Waals surface area contributed by atoms with Gasteiger partial charge < -0.3 is 5.11 Å². The maximum Gasteiger partial charge on any atom is 0.155 e. The summed E-state index contributed by atoms with van der Waals surface area (Å²) in [5, 5.41) is 10.8. The quantitative estimate of drug-likeness (QED) is 0.797. The van der Waals surface area contributed by atoms with Crippen LogP contribution < -0.4 is 0 Å². The Balaban J connectivity index is 1.71. The van der Waals surface area contributed by atoms with Gasteiger partial charge in [0.2, 0.25) is 0 Å². The molecule has 3 fully saturated rings. The molecule has 0 aromatic carbocycles. The minimum Gasteiger partial charge on any atom is -0.389 e. The molecular weight excluding hydrogens is 300 g/mol. The highest BCUT2D eigenvalue weighted by molar-refractivity contribution is 5.91. The van der Waals surface area contributed by atoms with Gasteiger partial charge in [-0.1, -0.05) is 13.8 Å². The van der Waals surface area contributed by atoms with Crippen molar-refractivity contribution in [2.24, 2.45) is 34.5 Å². The van der Waals surface area contributed by atoms with E-state index < -0.39 is 6.10 Å². The molecule has 0 spiro atoms. The molecule has 0 aromatic heterocycles. The molecule has 24 heavy (non-hydrogen) atoms. The number of fused-ring (bicyclic) bond motifs is 5. The summed E-state index contributed by atoms with van der Waals surface area (Å²) in [5.41, 5.74) is 1.10. The Kier molecular flexibility index (Phi) is 3.62. The monoisotopic (exact) mass is 330 g/mol. The number of hydrogen-bond acceptors (Lipinski definition) is 3. The maximum atomic E-state index is 12.2. The van der Waals surface area contributed by atoms with Gasteiger partial charge in [0.15, 0.2) is 5.78 Å². The molecule has 3 nitrogen and oxygen atoms in total. The Morgan fingerprint density at radius 2 is 1.92 bits per heavy atom. The van der Waals surface area contributed by atoms with Crippen LogP contribution in [0.25, 0.3) is 0 Å². The molecule has 3 saturated carbocycles. The molecule has 3 unspecified atom stereocenters. The summed E-state index contributed by atoms with van der Waals surface area (Å²) in [5.74, 6) is 2.35. The second-order valence-electron chi connectivity index (χ2n) is 9.40. The number of carbonyl (C=O) groups excluding carboxylic acids is 2. The highest BCUT2D eigenvalue weighted by Gasteiger charge is 2.61. The van der Waals surface area contributed by atoms with E-state index in [-0.39, 0.29) is 22.5 Å². The van der Waals surface area contributed by atoms with E-state index in [1.54, 1.807) is 13.0 Å². The average molecular weight is 330 g/mol. The number of hydrogen-bond donors (Lipinski definition) is 1. The Morgan fingerprint density at radius 1 is 1.17 bits per heavy atom. The topological polar surface area (TPSA) is 54.4 Å². The lowest BCUT2D eigenvalue weighted by Crippen LogP contribution is -2.54. The fraction of sp³-hybridized carbons (Fsp3) is 0.810. The lowest BCUT2D eigenvalue weighted by atomic mass is 9.46. The van der Waals surface area contributed by atoms with Gasteiger partial charge in [0, 0.05) is 12.3 Å². The molecule has 0 bridgehead atoms. The van der Waals surface area contributed by atoms with Gasteiger partial charge in [-0.3, -0.25) is 9.59 Å². The van der Waals surface area contributed by atoms with Crippen molar-refractivity contribution in [3.8, 4) is 0 Å². The van der Waals surface area contributed by atoms with Gasteiger partial charge in [-0.25, -0.2) is 0 Å². The largest absolute Gasteiger partial charge is 0.389 e. The number of ketones is 2. The van der Waals surface area contributed by atoms with Gasteiger partial charge in [0.1, 0.15) is 5.78 Å². The van der Waals surface area contributed by atoms with Gasteiger partial charge in [-0.05, 0) is 85.7 Å². The van der Waals surface area contributed by atoms with Crippen LogP contribution in [0.4, 0.5) is 0 Å². The summed E-state index contributed by atoms with van der Waals surface area (Å²) in [6.07, 6.45) is 7.97. The molecule has 4 aliphatic carbocycles. The number of Topliss-reactive ketones (excluding diaryl/α,β-unsaturated/α-hetero) is 1. The van der Waals surface area contributed by atoms with Crippen LogP contribution in [0.15, 0.2) is 11.6 Å². The molecule has 0 amide bonds. The van der Waals surface area contributed by atoms with Crippen LogP contribution in [0.5, 0.6) is 0 Å². The zero-order valence-electron chi connectivity index (χ0n) is 15.2. The summed E-state index contributed by atoms with van der Waals surface area (Å²) in [7, 11) is 0. The number of rotatable bonds is 1. The Bertz CT molecular complexity index is 621. The third-order valence-corrected chi connectivity index (χ3v) is 8.47. The second-order valence-corrected chi connectivity index (χ2v) is 9.40. The van der Waals surface area contributed by atoms with Gasteiger partial charge >= 0.3 is 0 Å². The predicted octanol–water partition coefficient (Wildman–Crippen LogP) is 3.69. The van der Waals surface area contributed by atoms with E-state index in [9.17, 15) is 14.7 Å². The van der Waals surface area contributed by atoms with E-state index in [0.29, 0.717) is 30.0 Å². The maximum absolute atomic E-state index is 12.2. The van der Waals surface area contributed by atoms with Crippen molar-refractivity contribution in [3.63, 3.8) is 0 Å². The number of carbonyl (C=O) groups is 2. The molecule has 132 valence electrons. The first kappa shape index (κ1) is 16.5. The van der Waals surface area contributed by atoms with Crippen LogP contribution in [0.2, 0.25) is 0 Å². The summed E-state index contributed by atoms with van der Waals surface area (Å²) < 4.78 is 0. The van der Waals surface area contributed by atoms with Gasteiger partial charge in [-0.15, -0.1) is 0 Å². The molecule has 3 heteroatoms. The zero-order chi connectivity index (χ0) is 17.3. The summed E-state index contributed by atoms with van der Waals surface area (Å²) in [6.45, 7) is 6.37. The molecule has 4 aliphatic rings. The first-order chi connectivity index (χ1) is 11.3. The molecule has 0 aliphatic heterocycles. The Hall–Kier alpha value is -0.960. The van der Waals surface area contributed by atoms with Crippen LogP contribution in [-0.2, 0) is 9.59 Å². The normalized spacial score (nSPS) is 50.6. The van der Waals surface area contributed by atoms with Gasteiger partial charge in [0.05, 0.1) is 6.10 Å². The Labute approximate surface area is 144 Å². The van der Waals surface area contributed by atoms with Crippen LogP contribution in [0.3, 0.4) is 0 Å². The smallest absolute Gasteiger partial charge is 0.155 e. The van der Waals surface area contributed by atoms with Crippen LogP contribution in [-0.4, -0.2) is 22.8 Å². The fourth-order valence-electron chi connectivity index (χ4n) is 7.27. The van der Waals surface area contributed by atoms with Crippen molar-refractivity contribution in [3.05, 3.63) is 11.6 Å². The van der Waals surface area contributed by atoms with Crippen molar-refractivity contribution >= 4 is 11.6 Å². The van der Waals surface area contributed by atoms with E-state index in [1.165, 1.54) is 0 Å². The van der Waals surface area contributed by atoms with Crippen molar-refractivity contribution in [1.82, 2.24) is 0 Å². The standard InChI is InChI=1S/C21H30O3/c1-12(22)15-4-5-16-14-11-19(24)18-10-13(23)6-8-21(18,3)17(14)7-9-20(15,16)2/h10,14-17,19,24H,4-9,11H2,1-3H3/t14?,15-,16?,17?,19-,20-,21-/m0/s1. The lowest BCUT2D eigenvalue weighted by molar-refractivity contribution is -0.130. The van der Waals surface area contributed by atoms with Gasteiger partial charge in [0.25, 0.3) is 0 Å². The van der Waals surface area contributed by atoms with Crippen molar-refractivity contribution < 1.29 is 14.7 Å². The molecule has 0 heterocycles. The number of aliphatic hydroxyl groups is 1. The second kappa shape index (κ2) is 5.27. The highest BCUT2D eigenvalue weighted by Crippen LogP contribution is 2.66. The van der Waals surface area contributed by atoms with E-state index in [2.05, 4.69) is 13.8 Å².